The van der Waals surface area contributed by atoms with Crippen LogP contribution in [0.1, 0.15) is 22.8 Å². The van der Waals surface area contributed by atoms with Gasteiger partial charge >= 0.3 is 0 Å². The second-order valence-electron chi connectivity index (χ2n) is 7.19. The van der Waals surface area contributed by atoms with Crippen LogP contribution in [0.15, 0.2) is 89.9 Å². The van der Waals surface area contributed by atoms with E-state index in [1.807, 2.05) is 66.9 Å². The van der Waals surface area contributed by atoms with Gasteiger partial charge < -0.3 is 5.32 Å². The predicted molar refractivity (Wildman–Crippen MR) is 126 cm³/mol. The number of nitrogens with zero attached hydrogens (tertiary/aromatic N) is 2. The summed E-state index contributed by atoms with van der Waals surface area (Å²) < 4.78 is 0. The Balaban J connectivity index is 1.53. The fraction of sp³-hybridized carbons (Fsp3) is 0.125. The maximum Gasteiger partial charge on any atom is 0.279 e. The molecule has 1 aliphatic heterocycles. The Morgan fingerprint density at radius 3 is 2.13 bits per heavy atom. The van der Waals surface area contributed by atoms with Crippen LogP contribution < -0.4 is 10.7 Å². The molecular weight excluding hydrogens is 408 g/mol. The zero-order valence-corrected chi connectivity index (χ0v) is 18.0. The zero-order valence-electron chi connectivity index (χ0n) is 17.2. The van der Waals surface area contributed by atoms with Crippen LogP contribution in [0.2, 0.25) is 0 Å². The third-order valence-corrected chi connectivity index (χ3v) is 5.71. The van der Waals surface area contributed by atoms with Gasteiger partial charge in [-0.2, -0.15) is 5.01 Å². The first-order chi connectivity index (χ1) is 15.0. The second kappa shape index (κ2) is 8.65. The van der Waals surface area contributed by atoms with Crippen LogP contribution in [0.4, 0.5) is 11.4 Å². The number of aliphatic imine (C=N–C) groups is 1. The molecule has 0 fully saturated rings. The number of hydrogen-bond donors (Lipinski definition) is 2. The monoisotopic (exact) mass is 430 g/mol. The molecule has 0 bridgehead atoms. The van der Waals surface area contributed by atoms with Crippen LogP contribution in [-0.2, 0) is 10.3 Å². The Kier molecular flexibility index (Phi) is 5.77. The normalized spacial score (nSPS) is 17.9. The molecule has 0 aromatic heterocycles. The minimum atomic E-state index is -1.05. The number of anilines is 2. The molecule has 0 saturated carbocycles. The van der Waals surface area contributed by atoms with Crippen molar-refractivity contribution in [2.45, 2.75) is 12.5 Å². The van der Waals surface area contributed by atoms with E-state index in [1.165, 1.54) is 16.8 Å². The number of nitrogens with one attached hydrogen (secondary N) is 2. The highest BCUT2D eigenvalue weighted by molar-refractivity contribution is 8.13. The lowest BCUT2D eigenvalue weighted by Crippen LogP contribution is -2.42. The fourth-order valence-electron chi connectivity index (χ4n) is 3.33. The first-order valence-electron chi connectivity index (χ1n) is 9.78. The van der Waals surface area contributed by atoms with Crippen molar-refractivity contribution in [3.8, 4) is 0 Å². The zero-order chi connectivity index (χ0) is 21.8. The van der Waals surface area contributed by atoms with Gasteiger partial charge in [-0.25, -0.2) is 4.99 Å². The average Bonchev–Trinajstić information content (AvgIpc) is 3.06. The molecule has 0 aliphatic carbocycles. The molecule has 3 aromatic carbocycles. The van der Waals surface area contributed by atoms with E-state index in [0.717, 1.165) is 11.3 Å². The number of carbonyl (C=O) groups is 2. The van der Waals surface area contributed by atoms with Gasteiger partial charge in [-0.3, -0.25) is 15.0 Å². The quantitative estimate of drug-likeness (QED) is 0.613. The second-order valence-corrected chi connectivity index (χ2v) is 7.96. The molecule has 1 atom stereocenters. The maximum absolute atomic E-state index is 13.3. The minimum Gasteiger partial charge on any atom is -0.322 e. The lowest BCUT2D eigenvalue weighted by molar-refractivity contribution is -0.129. The van der Waals surface area contributed by atoms with Crippen LogP contribution in [0, 0.1) is 0 Å². The fourth-order valence-corrected chi connectivity index (χ4v) is 3.91. The summed E-state index contributed by atoms with van der Waals surface area (Å²) in [6.07, 6.45) is 1.89. The molecule has 4 rings (SSSR count). The Morgan fingerprint density at radius 1 is 0.903 bits per heavy atom. The van der Waals surface area contributed by atoms with E-state index >= 15 is 0 Å². The molecule has 0 saturated heterocycles. The standard InChI is InChI=1S/C24H22N4O2S/c1-24(22(30)28(23(26-24)31-2)27-20-11-7-4-8-12-20)18-13-15-19(16-14-18)25-21(29)17-9-5-3-6-10-17/h3-16,27H,1-2H3,(H,25,29)/t24-/m1/s1. The lowest BCUT2D eigenvalue weighted by Gasteiger charge is -2.24. The van der Waals surface area contributed by atoms with Crippen molar-refractivity contribution in [3.63, 3.8) is 0 Å². The molecule has 3 aromatic rings. The summed E-state index contributed by atoms with van der Waals surface area (Å²) in [5, 5.41) is 4.96. The number of rotatable bonds is 5. The summed E-state index contributed by atoms with van der Waals surface area (Å²) in [6, 6.07) is 25.8. The van der Waals surface area contributed by atoms with Gasteiger partial charge in [-0.15, -0.1) is 0 Å². The van der Waals surface area contributed by atoms with Crippen molar-refractivity contribution in [1.29, 1.82) is 0 Å². The molecule has 0 unspecified atom stereocenters. The van der Waals surface area contributed by atoms with Crippen LogP contribution in [0.3, 0.4) is 0 Å². The van der Waals surface area contributed by atoms with Gasteiger partial charge in [0.2, 0.25) is 0 Å². The highest BCUT2D eigenvalue weighted by atomic mass is 32.2. The van der Waals surface area contributed by atoms with Gasteiger partial charge in [-0.1, -0.05) is 60.3 Å². The average molecular weight is 431 g/mol. The van der Waals surface area contributed by atoms with Gasteiger partial charge in [0.05, 0.1) is 5.69 Å². The Bertz CT molecular complexity index is 1120. The van der Waals surface area contributed by atoms with Crippen LogP contribution in [0.5, 0.6) is 0 Å². The van der Waals surface area contributed by atoms with E-state index in [-0.39, 0.29) is 11.8 Å². The van der Waals surface area contributed by atoms with Gasteiger partial charge in [0.15, 0.2) is 10.7 Å². The molecule has 2 N–H and O–H groups in total. The summed E-state index contributed by atoms with van der Waals surface area (Å²) >= 11 is 1.41. The largest absolute Gasteiger partial charge is 0.322 e. The maximum atomic E-state index is 13.3. The number of thioether (sulfide) groups is 1. The third kappa shape index (κ3) is 4.18. The lowest BCUT2D eigenvalue weighted by atomic mass is 9.92. The summed E-state index contributed by atoms with van der Waals surface area (Å²) in [6.45, 7) is 1.80. The van der Waals surface area contributed by atoms with Gasteiger partial charge in [-0.05, 0) is 55.1 Å². The van der Waals surface area contributed by atoms with Crippen molar-refractivity contribution >= 4 is 40.1 Å². The number of para-hydroxylation sites is 1. The molecule has 1 aliphatic rings. The number of amides is 2. The van der Waals surface area contributed by atoms with E-state index in [4.69, 9.17) is 4.99 Å². The molecule has 6 nitrogen and oxygen atoms in total. The van der Waals surface area contributed by atoms with Crippen LogP contribution in [-0.4, -0.2) is 28.2 Å². The van der Waals surface area contributed by atoms with E-state index < -0.39 is 5.54 Å². The third-order valence-electron chi connectivity index (χ3n) is 5.07. The molecule has 0 spiro atoms. The number of hydrazine groups is 1. The van der Waals surface area contributed by atoms with Crippen LogP contribution in [0.25, 0.3) is 0 Å². The van der Waals surface area contributed by atoms with Gasteiger partial charge in [0, 0.05) is 11.3 Å². The van der Waals surface area contributed by atoms with E-state index in [2.05, 4.69) is 10.7 Å². The van der Waals surface area contributed by atoms with Gasteiger partial charge in [0.1, 0.15) is 0 Å². The highest BCUT2D eigenvalue weighted by Gasteiger charge is 2.46. The van der Waals surface area contributed by atoms with Crippen molar-refractivity contribution in [2.24, 2.45) is 4.99 Å². The van der Waals surface area contributed by atoms with E-state index in [1.54, 1.807) is 31.2 Å². The number of carbonyl (C=O) groups excluding carboxylic acids is 2. The minimum absolute atomic E-state index is 0.165. The molecule has 0 radical (unpaired) electrons. The first-order valence-corrected chi connectivity index (χ1v) is 11.0. The topological polar surface area (TPSA) is 73.8 Å². The molecule has 7 heteroatoms. The predicted octanol–water partition coefficient (Wildman–Crippen LogP) is 4.74. The summed E-state index contributed by atoms with van der Waals surface area (Å²) in [7, 11) is 0. The van der Waals surface area contributed by atoms with Crippen molar-refractivity contribution in [1.82, 2.24) is 5.01 Å². The van der Waals surface area contributed by atoms with Crippen molar-refractivity contribution < 1.29 is 9.59 Å². The Hall–Kier alpha value is -3.58. The summed E-state index contributed by atoms with van der Waals surface area (Å²) in [4.78, 5) is 30.4. The first kappa shape index (κ1) is 20.7. The highest BCUT2D eigenvalue weighted by Crippen LogP contribution is 2.36. The van der Waals surface area contributed by atoms with Crippen molar-refractivity contribution in [3.05, 3.63) is 96.1 Å². The molecule has 31 heavy (non-hydrogen) atoms. The molecule has 1 heterocycles. The molecule has 2 amide bonds. The Morgan fingerprint density at radius 2 is 1.52 bits per heavy atom. The SMILES string of the molecule is CSC1=N[C@](C)(c2ccc(NC(=O)c3ccccc3)cc2)C(=O)N1Nc1ccccc1. The molecule has 156 valence electrons. The molecular formula is C24H22N4O2S. The number of amidine groups is 1. The Labute approximate surface area is 185 Å². The smallest absolute Gasteiger partial charge is 0.279 e. The van der Waals surface area contributed by atoms with Crippen LogP contribution >= 0.6 is 11.8 Å². The summed E-state index contributed by atoms with van der Waals surface area (Å²) in [5.74, 6) is -0.348. The number of hydrogen-bond acceptors (Lipinski definition) is 5. The van der Waals surface area contributed by atoms with E-state index in [9.17, 15) is 9.59 Å². The van der Waals surface area contributed by atoms with Crippen molar-refractivity contribution in [2.75, 3.05) is 17.0 Å². The van der Waals surface area contributed by atoms with E-state index in [0.29, 0.717) is 16.4 Å². The number of benzene rings is 3. The van der Waals surface area contributed by atoms with Gasteiger partial charge in [0.25, 0.3) is 11.8 Å². The summed E-state index contributed by atoms with van der Waals surface area (Å²) in [5.41, 5.74) is 4.89.